The molecule has 1 aliphatic heterocycles. The van der Waals surface area contributed by atoms with Crippen LogP contribution < -0.4 is 16.0 Å². The summed E-state index contributed by atoms with van der Waals surface area (Å²) in [5, 5.41) is 17.4. The molecule has 2 unspecified atom stereocenters. The summed E-state index contributed by atoms with van der Waals surface area (Å²) >= 11 is 0. The lowest BCUT2D eigenvalue weighted by atomic mass is 9.89. The Labute approximate surface area is 216 Å². The normalized spacial score (nSPS) is 20.8. The van der Waals surface area contributed by atoms with E-state index in [9.17, 15) is 0 Å². The number of nitrogen functional groups attached to an aromatic ring is 1. The Morgan fingerprint density at radius 3 is 2.35 bits per heavy atom. The van der Waals surface area contributed by atoms with Gasteiger partial charge in [0.25, 0.3) is 0 Å². The third-order valence-electron chi connectivity index (χ3n) is 8.15. The Kier molecular flexibility index (Phi) is 5.32. The van der Waals surface area contributed by atoms with Crippen molar-refractivity contribution in [3.8, 4) is 17.1 Å². The molecule has 2 atom stereocenters. The second-order valence-electron chi connectivity index (χ2n) is 10.4. The molecule has 188 valence electrons. The largest absolute Gasteiger partial charge is 0.369 e. The molecule has 4 aromatic rings. The van der Waals surface area contributed by atoms with Gasteiger partial charge in [-0.05, 0) is 68.0 Å². The summed E-state index contributed by atoms with van der Waals surface area (Å²) in [4.78, 5) is 9.28. The van der Waals surface area contributed by atoms with Crippen LogP contribution in [0.4, 0.5) is 23.3 Å². The number of nitrogens with zero attached hydrogens (tertiary/aromatic N) is 7. The number of nitrogens with one attached hydrogen (secondary N) is 1. The number of rotatable bonds is 5. The Hall–Kier alpha value is -3.98. The van der Waals surface area contributed by atoms with E-state index in [1.807, 2.05) is 6.07 Å². The fraction of sp³-hybridized carbons (Fsp3) is 0.357. The summed E-state index contributed by atoms with van der Waals surface area (Å²) in [5.74, 6) is 2.46. The summed E-state index contributed by atoms with van der Waals surface area (Å²) in [6.07, 6.45) is 3.52. The van der Waals surface area contributed by atoms with Crippen LogP contribution in [0.3, 0.4) is 0 Å². The van der Waals surface area contributed by atoms with Gasteiger partial charge in [0.2, 0.25) is 11.9 Å². The Morgan fingerprint density at radius 2 is 1.59 bits per heavy atom. The van der Waals surface area contributed by atoms with Gasteiger partial charge in [-0.25, -0.2) is 0 Å². The van der Waals surface area contributed by atoms with E-state index in [-0.39, 0.29) is 0 Å². The fourth-order valence-corrected chi connectivity index (χ4v) is 6.22. The number of aromatic nitrogens is 5. The Bertz CT molecular complexity index is 1420. The van der Waals surface area contributed by atoms with Crippen molar-refractivity contribution in [2.24, 2.45) is 0 Å². The summed E-state index contributed by atoms with van der Waals surface area (Å²) < 4.78 is 1.66. The van der Waals surface area contributed by atoms with Gasteiger partial charge in [0.1, 0.15) is 0 Å². The highest BCUT2D eigenvalue weighted by molar-refractivity contribution is 5.70. The van der Waals surface area contributed by atoms with Gasteiger partial charge in [-0.15, -0.1) is 15.3 Å². The summed E-state index contributed by atoms with van der Waals surface area (Å²) in [6, 6.07) is 18.8. The number of benzene rings is 2. The number of likely N-dealkylation sites (N-methyl/N-ethyl adjacent to an activating group) is 1. The molecule has 2 aromatic heterocycles. The van der Waals surface area contributed by atoms with Crippen molar-refractivity contribution in [1.29, 1.82) is 0 Å². The molecule has 2 fully saturated rings. The minimum Gasteiger partial charge on any atom is -0.369 e. The second-order valence-corrected chi connectivity index (χ2v) is 10.4. The van der Waals surface area contributed by atoms with Gasteiger partial charge in [0.15, 0.2) is 5.82 Å². The van der Waals surface area contributed by atoms with Crippen LogP contribution >= 0.6 is 0 Å². The van der Waals surface area contributed by atoms with Crippen molar-refractivity contribution in [1.82, 2.24) is 29.9 Å². The molecule has 3 heterocycles. The number of fused-ring (bicyclic) bond motifs is 5. The maximum atomic E-state index is 6.37. The van der Waals surface area contributed by atoms with E-state index in [2.05, 4.69) is 85.9 Å². The molecule has 9 heteroatoms. The zero-order valence-electron chi connectivity index (χ0n) is 21.0. The number of piperazine rings is 1. The first-order valence-electron chi connectivity index (χ1n) is 13.1. The van der Waals surface area contributed by atoms with Gasteiger partial charge in [-0.1, -0.05) is 30.3 Å². The third kappa shape index (κ3) is 3.90. The van der Waals surface area contributed by atoms with Crippen molar-refractivity contribution in [2.45, 2.75) is 31.1 Å². The summed E-state index contributed by atoms with van der Waals surface area (Å²) in [7, 11) is 2.17. The number of hydrogen-bond acceptors (Lipinski definition) is 8. The second kappa shape index (κ2) is 8.85. The molecule has 0 spiro atoms. The van der Waals surface area contributed by atoms with E-state index < -0.39 is 0 Å². The van der Waals surface area contributed by atoms with Crippen LogP contribution in [0, 0.1) is 0 Å². The van der Waals surface area contributed by atoms with Crippen LogP contribution in [-0.2, 0) is 0 Å². The highest BCUT2D eigenvalue weighted by Gasteiger charge is 2.42. The average molecular weight is 494 g/mol. The fourth-order valence-electron chi connectivity index (χ4n) is 6.22. The number of nitrogens with two attached hydrogens (primary N) is 1. The average Bonchev–Trinajstić information content (AvgIpc) is 3.65. The zero-order valence-corrected chi connectivity index (χ0v) is 21.0. The minimum atomic E-state index is 0.309. The quantitative estimate of drug-likeness (QED) is 0.427. The smallest absolute Gasteiger partial charge is 0.248 e. The first kappa shape index (κ1) is 22.2. The molecule has 1 saturated carbocycles. The maximum Gasteiger partial charge on any atom is 0.248 e. The lowest BCUT2D eigenvalue weighted by molar-refractivity contribution is 0.313. The van der Waals surface area contributed by atoms with E-state index in [1.54, 1.807) is 4.68 Å². The predicted octanol–water partition coefficient (Wildman–Crippen LogP) is 4.17. The van der Waals surface area contributed by atoms with Gasteiger partial charge in [0, 0.05) is 48.7 Å². The van der Waals surface area contributed by atoms with Crippen LogP contribution in [0.25, 0.3) is 17.1 Å². The van der Waals surface area contributed by atoms with Crippen molar-refractivity contribution in [2.75, 3.05) is 49.2 Å². The van der Waals surface area contributed by atoms with Crippen LogP contribution in [0.5, 0.6) is 0 Å². The lowest BCUT2D eigenvalue weighted by Gasteiger charge is -2.34. The van der Waals surface area contributed by atoms with Crippen LogP contribution in [-0.4, -0.2) is 63.1 Å². The molecule has 0 amide bonds. The molecule has 2 bridgehead atoms. The zero-order chi connectivity index (χ0) is 24.9. The van der Waals surface area contributed by atoms with Crippen LogP contribution in [0.1, 0.15) is 42.2 Å². The molecule has 2 aliphatic carbocycles. The van der Waals surface area contributed by atoms with E-state index in [4.69, 9.17) is 10.8 Å². The highest BCUT2D eigenvalue weighted by Crippen LogP contribution is 2.56. The highest BCUT2D eigenvalue weighted by atomic mass is 15.5. The molecule has 3 aliphatic rings. The van der Waals surface area contributed by atoms with Gasteiger partial charge < -0.3 is 20.9 Å². The predicted molar refractivity (Wildman–Crippen MR) is 146 cm³/mol. The monoisotopic (exact) mass is 493 g/mol. The van der Waals surface area contributed by atoms with E-state index in [0.29, 0.717) is 29.6 Å². The van der Waals surface area contributed by atoms with Crippen molar-refractivity contribution in [3.05, 3.63) is 65.7 Å². The molecule has 2 aromatic carbocycles. The molecule has 3 N–H and O–H groups in total. The van der Waals surface area contributed by atoms with Gasteiger partial charge in [-0.3, -0.25) is 0 Å². The van der Waals surface area contributed by atoms with Gasteiger partial charge in [0.05, 0.1) is 5.69 Å². The lowest BCUT2D eigenvalue weighted by Crippen LogP contribution is -2.44. The van der Waals surface area contributed by atoms with E-state index in [0.717, 1.165) is 49.5 Å². The van der Waals surface area contributed by atoms with Crippen LogP contribution in [0.15, 0.2) is 54.6 Å². The Morgan fingerprint density at radius 1 is 0.865 bits per heavy atom. The third-order valence-corrected chi connectivity index (χ3v) is 8.15. The number of anilines is 4. The molecule has 9 nitrogen and oxygen atoms in total. The van der Waals surface area contributed by atoms with Crippen molar-refractivity contribution in [3.63, 3.8) is 0 Å². The molecule has 7 rings (SSSR count). The SMILES string of the molecule is CN1CCN(c2ccc(Nc3nc(N)n(-c4nnc(-c5ccccc5)c5c4C4CCC5C4)n3)cc2)CC1. The van der Waals surface area contributed by atoms with Crippen molar-refractivity contribution >= 4 is 23.3 Å². The molecule has 0 radical (unpaired) electrons. The standard InChI is InChI=1S/C28H31N9/c1-35-13-15-36(16-14-35)22-11-9-21(10-12-22)30-28-31-27(29)37(34-28)26-24-20-8-7-19(17-20)23(24)25(32-33-26)18-5-3-2-4-6-18/h2-6,9-12,19-20H,7-8,13-17H2,1H3,(H3,29,30,31,34). The first-order valence-corrected chi connectivity index (χ1v) is 13.1. The minimum absolute atomic E-state index is 0.309. The molecular weight excluding hydrogens is 462 g/mol. The summed E-state index contributed by atoms with van der Waals surface area (Å²) in [5.41, 5.74) is 13.2. The molecule has 37 heavy (non-hydrogen) atoms. The summed E-state index contributed by atoms with van der Waals surface area (Å²) in [6.45, 7) is 4.26. The van der Waals surface area contributed by atoms with Gasteiger partial charge in [-0.2, -0.15) is 9.67 Å². The first-order chi connectivity index (χ1) is 18.1. The van der Waals surface area contributed by atoms with Crippen molar-refractivity contribution < 1.29 is 0 Å². The Balaban J connectivity index is 1.17. The van der Waals surface area contributed by atoms with Crippen LogP contribution in [0.2, 0.25) is 0 Å². The maximum absolute atomic E-state index is 6.37. The topological polar surface area (TPSA) is 101 Å². The molecule has 1 saturated heterocycles. The van der Waals surface area contributed by atoms with Gasteiger partial charge >= 0.3 is 0 Å². The van der Waals surface area contributed by atoms with E-state index >= 15 is 0 Å². The number of hydrogen-bond donors (Lipinski definition) is 2. The molecular formula is C28H31N9. The van der Waals surface area contributed by atoms with E-state index in [1.165, 1.54) is 29.7 Å².